The summed E-state index contributed by atoms with van der Waals surface area (Å²) in [7, 11) is 1.74. The van der Waals surface area contributed by atoms with Crippen LogP contribution in [0.3, 0.4) is 0 Å². The lowest BCUT2D eigenvalue weighted by molar-refractivity contribution is -0.137. The third-order valence-corrected chi connectivity index (χ3v) is 2.66. The van der Waals surface area contributed by atoms with Gasteiger partial charge in [0.1, 0.15) is 5.75 Å². The molecule has 0 atom stereocenters. The minimum Gasteiger partial charge on any atom is -0.506 e. The first-order valence-corrected chi connectivity index (χ1v) is 5.78. The molecule has 0 fully saturated rings. The Hall–Kier alpha value is -2.15. The largest absolute Gasteiger partial charge is 0.506 e. The van der Waals surface area contributed by atoms with Crippen LogP contribution >= 0.6 is 0 Å². The van der Waals surface area contributed by atoms with Crippen molar-refractivity contribution in [2.75, 3.05) is 7.05 Å². The summed E-state index contributed by atoms with van der Waals surface area (Å²) >= 11 is 0. The lowest BCUT2D eigenvalue weighted by Crippen LogP contribution is -2.07. The first kappa shape index (κ1) is 14.3. The van der Waals surface area contributed by atoms with Crippen LogP contribution in [0.2, 0.25) is 0 Å². The fourth-order valence-corrected chi connectivity index (χ4v) is 1.70. The molecule has 2 rings (SSSR count). The van der Waals surface area contributed by atoms with Crippen LogP contribution in [-0.4, -0.2) is 22.1 Å². The van der Waals surface area contributed by atoms with Gasteiger partial charge in [0.25, 0.3) is 0 Å². The predicted molar refractivity (Wildman–Crippen MR) is 66.9 cm³/mol. The van der Waals surface area contributed by atoms with Gasteiger partial charge in [-0.05, 0) is 25.2 Å². The molecule has 2 aromatic rings. The molecule has 20 heavy (non-hydrogen) atoms. The second kappa shape index (κ2) is 5.46. The Balaban J connectivity index is 2.38. The molecule has 0 aliphatic carbocycles. The molecule has 2 heterocycles. The van der Waals surface area contributed by atoms with Crippen molar-refractivity contribution >= 4 is 0 Å². The molecule has 0 aliphatic heterocycles. The zero-order valence-corrected chi connectivity index (χ0v) is 10.6. The van der Waals surface area contributed by atoms with Gasteiger partial charge < -0.3 is 10.4 Å². The predicted octanol–water partition coefficient (Wildman–Crippen LogP) is 2.59. The van der Waals surface area contributed by atoms with Crippen molar-refractivity contribution in [1.29, 1.82) is 0 Å². The number of nitrogens with zero attached hydrogens (tertiary/aromatic N) is 2. The van der Waals surface area contributed by atoms with Crippen LogP contribution in [0.5, 0.6) is 5.75 Å². The van der Waals surface area contributed by atoms with Crippen LogP contribution in [0.25, 0.3) is 11.3 Å². The Morgan fingerprint density at radius 1 is 1.20 bits per heavy atom. The van der Waals surface area contributed by atoms with Gasteiger partial charge in [0, 0.05) is 18.3 Å². The number of aromatic nitrogens is 2. The molecule has 2 N–H and O–H groups in total. The summed E-state index contributed by atoms with van der Waals surface area (Å²) in [4.78, 5) is 7.74. The van der Waals surface area contributed by atoms with Crippen molar-refractivity contribution in [1.82, 2.24) is 15.3 Å². The van der Waals surface area contributed by atoms with Crippen molar-refractivity contribution in [2.45, 2.75) is 12.7 Å². The van der Waals surface area contributed by atoms with E-state index in [2.05, 4.69) is 15.3 Å². The van der Waals surface area contributed by atoms with Gasteiger partial charge >= 0.3 is 6.18 Å². The van der Waals surface area contributed by atoms with E-state index in [4.69, 9.17) is 0 Å². The van der Waals surface area contributed by atoms with E-state index in [9.17, 15) is 18.3 Å². The van der Waals surface area contributed by atoms with Gasteiger partial charge in [0.05, 0.1) is 23.1 Å². The highest BCUT2D eigenvalue weighted by Crippen LogP contribution is 2.32. The number of aromatic hydroxyl groups is 1. The van der Waals surface area contributed by atoms with E-state index in [1.807, 2.05) is 0 Å². The summed E-state index contributed by atoms with van der Waals surface area (Å²) < 4.78 is 37.4. The summed E-state index contributed by atoms with van der Waals surface area (Å²) in [5.74, 6) is -0.128. The molecule has 2 aromatic heterocycles. The van der Waals surface area contributed by atoms with E-state index < -0.39 is 11.7 Å². The maximum absolute atomic E-state index is 12.5. The third-order valence-electron chi connectivity index (χ3n) is 2.66. The van der Waals surface area contributed by atoms with Crippen molar-refractivity contribution in [3.8, 4) is 17.0 Å². The summed E-state index contributed by atoms with van der Waals surface area (Å²) in [5, 5.41) is 12.6. The summed E-state index contributed by atoms with van der Waals surface area (Å²) in [6.45, 7) is 0.480. The van der Waals surface area contributed by atoms with Crippen LogP contribution < -0.4 is 5.32 Å². The molecule has 0 saturated carbocycles. The Kier molecular flexibility index (Phi) is 3.89. The highest BCUT2D eigenvalue weighted by molar-refractivity contribution is 5.66. The summed E-state index contributed by atoms with van der Waals surface area (Å²) in [6.07, 6.45) is -2.43. The Labute approximate surface area is 113 Å². The average molecular weight is 283 g/mol. The summed E-state index contributed by atoms with van der Waals surface area (Å²) in [6, 6.07) is 3.74. The highest BCUT2D eigenvalue weighted by atomic mass is 19.4. The number of nitrogens with one attached hydrogen (secondary N) is 1. The normalized spacial score (nSPS) is 11.6. The van der Waals surface area contributed by atoms with E-state index in [1.165, 1.54) is 12.3 Å². The van der Waals surface area contributed by atoms with Gasteiger partial charge in [-0.15, -0.1) is 0 Å². The minimum absolute atomic E-state index is 0.128. The second-order valence-electron chi connectivity index (χ2n) is 4.15. The van der Waals surface area contributed by atoms with E-state index >= 15 is 0 Å². The fraction of sp³-hybridized carbons (Fsp3) is 0.231. The van der Waals surface area contributed by atoms with Gasteiger partial charge in [-0.3, -0.25) is 9.97 Å². The molecule has 0 amide bonds. The lowest BCUT2D eigenvalue weighted by Gasteiger charge is -2.09. The Bertz CT molecular complexity index is 597. The van der Waals surface area contributed by atoms with Crippen LogP contribution in [0.1, 0.15) is 11.3 Å². The molecule has 0 spiro atoms. The first-order chi connectivity index (χ1) is 9.41. The van der Waals surface area contributed by atoms with Crippen LogP contribution in [0, 0.1) is 0 Å². The van der Waals surface area contributed by atoms with E-state index in [1.54, 1.807) is 13.1 Å². The molecule has 0 unspecified atom stereocenters. The number of pyridine rings is 2. The maximum atomic E-state index is 12.5. The molecule has 0 aromatic carbocycles. The molecular formula is C13H12F3N3O. The van der Waals surface area contributed by atoms with Gasteiger partial charge in [-0.1, -0.05) is 0 Å². The molecular weight excluding hydrogens is 271 g/mol. The standard InChI is InChI=1S/C13H12F3N3O/c1-17-6-9-4-10(12(20)7-18-9)11-3-2-8(5-19-11)13(14,15)16/h2-5,7,17,20H,6H2,1H3. The minimum atomic E-state index is -4.43. The summed E-state index contributed by atoms with van der Waals surface area (Å²) in [5.41, 5.74) is 0.432. The highest BCUT2D eigenvalue weighted by Gasteiger charge is 2.30. The molecule has 0 saturated heterocycles. The lowest BCUT2D eigenvalue weighted by atomic mass is 10.1. The topological polar surface area (TPSA) is 58.0 Å². The van der Waals surface area contributed by atoms with Crippen molar-refractivity contribution in [2.24, 2.45) is 0 Å². The molecule has 0 bridgehead atoms. The van der Waals surface area contributed by atoms with E-state index in [0.29, 0.717) is 17.8 Å². The molecule has 106 valence electrons. The van der Waals surface area contributed by atoms with Gasteiger partial charge in [0.15, 0.2) is 0 Å². The maximum Gasteiger partial charge on any atom is 0.417 e. The SMILES string of the molecule is CNCc1cc(-c2ccc(C(F)(F)F)cn2)c(O)cn1. The third kappa shape index (κ3) is 3.05. The molecule has 0 radical (unpaired) electrons. The Morgan fingerprint density at radius 2 is 1.95 bits per heavy atom. The van der Waals surface area contributed by atoms with Crippen molar-refractivity contribution in [3.63, 3.8) is 0 Å². The van der Waals surface area contributed by atoms with Gasteiger partial charge in [-0.2, -0.15) is 13.2 Å². The second-order valence-corrected chi connectivity index (χ2v) is 4.15. The first-order valence-electron chi connectivity index (χ1n) is 5.78. The number of hydrogen-bond acceptors (Lipinski definition) is 4. The van der Waals surface area contributed by atoms with Crippen molar-refractivity contribution < 1.29 is 18.3 Å². The zero-order chi connectivity index (χ0) is 14.8. The van der Waals surface area contributed by atoms with E-state index in [-0.39, 0.29) is 11.4 Å². The molecule has 7 heteroatoms. The number of hydrogen-bond donors (Lipinski definition) is 2. The molecule has 0 aliphatic rings. The smallest absolute Gasteiger partial charge is 0.417 e. The van der Waals surface area contributed by atoms with Gasteiger partial charge in [0.2, 0.25) is 0 Å². The monoisotopic (exact) mass is 283 g/mol. The van der Waals surface area contributed by atoms with Gasteiger partial charge in [-0.25, -0.2) is 0 Å². The quantitative estimate of drug-likeness (QED) is 0.909. The molecule has 4 nitrogen and oxygen atoms in total. The Morgan fingerprint density at radius 3 is 2.50 bits per heavy atom. The fourth-order valence-electron chi connectivity index (χ4n) is 1.70. The van der Waals surface area contributed by atoms with Crippen molar-refractivity contribution in [3.05, 3.63) is 41.9 Å². The van der Waals surface area contributed by atoms with Crippen LogP contribution in [0.4, 0.5) is 13.2 Å². The zero-order valence-electron chi connectivity index (χ0n) is 10.6. The number of alkyl halides is 3. The van der Waals surface area contributed by atoms with Crippen LogP contribution in [0.15, 0.2) is 30.6 Å². The average Bonchev–Trinajstić information content (AvgIpc) is 2.40. The number of halogens is 3. The number of rotatable bonds is 3. The van der Waals surface area contributed by atoms with E-state index in [0.717, 1.165) is 12.3 Å². The van der Waals surface area contributed by atoms with Crippen LogP contribution in [-0.2, 0) is 12.7 Å².